The molecule has 22 heavy (non-hydrogen) atoms. The minimum atomic E-state index is -4.67. The van der Waals surface area contributed by atoms with Gasteiger partial charge in [0.1, 0.15) is 0 Å². The molecule has 7 nitrogen and oxygen atoms in total. The normalized spacial score (nSPS) is 15.3. The highest BCUT2D eigenvalue weighted by Crippen LogP contribution is 2.27. The lowest BCUT2D eigenvalue weighted by Gasteiger charge is -2.30. The minimum absolute atomic E-state index is 0.738. The molecule has 1 fully saturated rings. The van der Waals surface area contributed by atoms with E-state index in [1.807, 2.05) is 18.3 Å². The van der Waals surface area contributed by atoms with Gasteiger partial charge in [0, 0.05) is 48.5 Å². The Morgan fingerprint density at radius 1 is 1.18 bits per heavy atom. The molecule has 0 saturated carbocycles. The van der Waals surface area contributed by atoms with Crippen LogP contribution in [0.25, 0.3) is 10.9 Å². The third-order valence-corrected chi connectivity index (χ3v) is 3.37. The van der Waals surface area contributed by atoms with Gasteiger partial charge in [-0.15, -0.1) is 0 Å². The van der Waals surface area contributed by atoms with E-state index in [0.29, 0.717) is 0 Å². The molecule has 2 heterocycles. The number of rotatable bonds is 1. The topological polar surface area (TPSA) is 103 Å². The van der Waals surface area contributed by atoms with Gasteiger partial charge < -0.3 is 10.2 Å². The summed E-state index contributed by atoms with van der Waals surface area (Å²) in [5.41, 5.74) is 2.22. The van der Waals surface area contributed by atoms with Crippen molar-refractivity contribution in [3.8, 4) is 0 Å². The van der Waals surface area contributed by atoms with E-state index in [-0.39, 0.29) is 0 Å². The number of halogens is 1. The maximum Gasteiger partial charge on any atom is 0.394 e. The Morgan fingerprint density at radius 2 is 1.82 bits per heavy atom. The van der Waals surface area contributed by atoms with Crippen molar-refractivity contribution in [2.45, 2.75) is 0 Å². The van der Waals surface area contributed by atoms with Gasteiger partial charge in [0.05, 0.1) is 5.52 Å². The standard InChI is InChI=1S/C13H14ClN3.H2O4S/c14-10-1-2-11-12(9-10)16-4-3-13(11)17-7-5-15-6-8-17;1-5(2,3)4/h1-4,9,15H,5-8H2;(H2,1,2,3,4). The van der Waals surface area contributed by atoms with Crippen LogP contribution in [-0.2, 0) is 10.4 Å². The van der Waals surface area contributed by atoms with Crippen LogP contribution in [0.3, 0.4) is 0 Å². The zero-order valence-electron chi connectivity index (χ0n) is 11.6. The Hall–Kier alpha value is -1.45. The second kappa shape index (κ2) is 7.21. The first-order chi connectivity index (χ1) is 10.3. The zero-order chi connectivity index (χ0) is 16.2. The number of fused-ring (bicyclic) bond motifs is 1. The molecular formula is C13H16ClN3O4S. The number of hydrogen-bond acceptors (Lipinski definition) is 5. The van der Waals surface area contributed by atoms with E-state index in [1.165, 1.54) is 11.1 Å². The van der Waals surface area contributed by atoms with Gasteiger partial charge in [-0.3, -0.25) is 14.1 Å². The molecule has 0 bridgehead atoms. The lowest BCUT2D eigenvalue weighted by Crippen LogP contribution is -2.43. The third kappa shape index (κ3) is 5.08. The molecule has 120 valence electrons. The molecule has 9 heteroatoms. The van der Waals surface area contributed by atoms with Crippen molar-refractivity contribution in [1.82, 2.24) is 10.3 Å². The number of aromatic nitrogens is 1. The maximum absolute atomic E-state index is 8.74. The molecule has 0 radical (unpaired) electrons. The Bertz CT molecular complexity index is 740. The summed E-state index contributed by atoms with van der Waals surface area (Å²) in [6.45, 7) is 4.16. The van der Waals surface area contributed by atoms with Crippen molar-refractivity contribution in [1.29, 1.82) is 0 Å². The zero-order valence-corrected chi connectivity index (χ0v) is 13.2. The molecule has 0 spiro atoms. The van der Waals surface area contributed by atoms with E-state index in [9.17, 15) is 0 Å². The van der Waals surface area contributed by atoms with Gasteiger partial charge in [-0.05, 0) is 24.3 Å². The minimum Gasteiger partial charge on any atom is -0.368 e. The van der Waals surface area contributed by atoms with Crippen LogP contribution in [0.2, 0.25) is 5.02 Å². The van der Waals surface area contributed by atoms with Gasteiger partial charge in [-0.25, -0.2) is 0 Å². The third-order valence-electron chi connectivity index (χ3n) is 3.14. The number of hydrogen-bond donors (Lipinski definition) is 3. The summed E-state index contributed by atoms with van der Waals surface area (Å²) in [5, 5.41) is 5.28. The molecule has 1 aromatic heterocycles. The van der Waals surface area contributed by atoms with Crippen molar-refractivity contribution in [2.75, 3.05) is 31.1 Å². The fraction of sp³-hybridized carbons (Fsp3) is 0.308. The lowest BCUT2D eigenvalue weighted by molar-refractivity contribution is 0.381. The first-order valence-electron chi connectivity index (χ1n) is 6.54. The van der Waals surface area contributed by atoms with E-state index in [0.717, 1.165) is 36.7 Å². The summed E-state index contributed by atoms with van der Waals surface area (Å²) in [5.74, 6) is 0. The number of pyridine rings is 1. The van der Waals surface area contributed by atoms with Gasteiger partial charge in [0.2, 0.25) is 0 Å². The maximum atomic E-state index is 8.74. The highest BCUT2D eigenvalue weighted by molar-refractivity contribution is 7.79. The van der Waals surface area contributed by atoms with E-state index in [4.69, 9.17) is 29.1 Å². The fourth-order valence-corrected chi connectivity index (χ4v) is 2.45. The Labute approximate surface area is 133 Å². The van der Waals surface area contributed by atoms with Crippen molar-refractivity contribution in [3.05, 3.63) is 35.5 Å². The van der Waals surface area contributed by atoms with Crippen molar-refractivity contribution in [3.63, 3.8) is 0 Å². The average molecular weight is 346 g/mol. The van der Waals surface area contributed by atoms with E-state index < -0.39 is 10.4 Å². The second-order valence-corrected chi connectivity index (χ2v) is 6.01. The molecule has 1 aromatic carbocycles. The van der Waals surface area contributed by atoms with Gasteiger partial charge >= 0.3 is 10.4 Å². The molecule has 1 aliphatic rings. The van der Waals surface area contributed by atoms with Gasteiger partial charge in [0.15, 0.2) is 0 Å². The molecule has 0 atom stereocenters. The lowest BCUT2D eigenvalue weighted by atomic mass is 10.1. The van der Waals surface area contributed by atoms with E-state index in [1.54, 1.807) is 0 Å². The second-order valence-electron chi connectivity index (χ2n) is 4.68. The van der Waals surface area contributed by atoms with Gasteiger partial charge in [-0.2, -0.15) is 8.42 Å². The van der Waals surface area contributed by atoms with Crippen LogP contribution in [0.1, 0.15) is 0 Å². The predicted molar refractivity (Wildman–Crippen MR) is 86.0 cm³/mol. The van der Waals surface area contributed by atoms with Crippen LogP contribution in [0, 0.1) is 0 Å². The average Bonchev–Trinajstić information content (AvgIpc) is 2.45. The first-order valence-corrected chi connectivity index (χ1v) is 8.32. The molecule has 3 N–H and O–H groups in total. The monoisotopic (exact) mass is 345 g/mol. The van der Waals surface area contributed by atoms with Crippen molar-refractivity contribution >= 4 is 38.6 Å². The quantitative estimate of drug-likeness (QED) is 0.675. The highest BCUT2D eigenvalue weighted by Gasteiger charge is 2.13. The number of benzene rings is 1. The smallest absolute Gasteiger partial charge is 0.368 e. The molecule has 3 rings (SSSR count). The van der Waals surface area contributed by atoms with E-state index >= 15 is 0 Å². The SMILES string of the molecule is Clc1ccc2c(N3CCNCC3)ccnc2c1.O=S(=O)(O)O. The van der Waals surface area contributed by atoms with Crippen LogP contribution < -0.4 is 10.2 Å². The van der Waals surface area contributed by atoms with Crippen molar-refractivity contribution in [2.24, 2.45) is 0 Å². The number of anilines is 1. The summed E-state index contributed by atoms with van der Waals surface area (Å²) in [7, 11) is -4.67. The Morgan fingerprint density at radius 3 is 2.45 bits per heavy atom. The fourth-order valence-electron chi connectivity index (χ4n) is 2.29. The predicted octanol–water partition coefficient (Wildman–Crippen LogP) is 1.64. The molecule has 0 unspecified atom stereocenters. The van der Waals surface area contributed by atoms with Gasteiger partial charge in [0.25, 0.3) is 0 Å². The largest absolute Gasteiger partial charge is 0.394 e. The number of nitrogens with one attached hydrogen (secondary N) is 1. The molecule has 2 aromatic rings. The Balaban J connectivity index is 0.000000309. The Kier molecular flexibility index (Phi) is 5.54. The number of piperazine rings is 1. The molecule has 0 aliphatic carbocycles. The van der Waals surface area contributed by atoms with E-state index in [2.05, 4.69) is 27.3 Å². The highest BCUT2D eigenvalue weighted by atomic mass is 35.5. The molecule has 1 aliphatic heterocycles. The summed E-state index contributed by atoms with van der Waals surface area (Å²) < 4.78 is 31.6. The van der Waals surface area contributed by atoms with Crippen LogP contribution in [0.4, 0.5) is 5.69 Å². The first kappa shape index (κ1) is 16.9. The van der Waals surface area contributed by atoms with Crippen LogP contribution in [0.5, 0.6) is 0 Å². The van der Waals surface area contributed by atoms with Crippen molar-refractivity contribution < 1.29 is 17.5 Å². The number of nitrogens with zero attached hydrogens (tertiary/aromatic N) is 2. The van der Waals surface area contributed by atoms with Crippen LogP contribution >= 0.6 is 11.6 Å². The summed E-state index contributed by atoms with van der Waals surface area (Å²) in [4.78, 5) is 6.77. The van der Waals surface area contributed by atoms with Crippen LogP contribution in [0.15, 0.2) is 30.5 Å². The molecular weight excluding hydrogens is 330 g/mol. The molecule has 1 saturated heterocycles. The summed E-state index contributed by atoms with van der Waals surface area (Å²) in [6, 6.07) is 7.99. The molecule has 0 amide bonds. The summed E-state index contributed by atoms with van der Waals surface area (Å²) in [6.07, 6.45) is 1.86. The summed E-state index contributed by atoms with van der Waals surface area (Å²) >= 11 is 5.99. The van der Waals surface area contributed by atoms with Crippen LogP contribution in [-0.4, -0.2) is 48.7 Å². The van der Waals surface area contributed by atoms with Gasteiger partial charge in [-0.1, -0.05) is 11.6 Å².